The molecule has 154 valence electrons. The molecule has 0 aliphatic carbocycles. The van der Waals surface area contributed by atoms with E-state index >= 15 is 0 Å². The van der Waals surface area contributed by atoms with Crippen molar-refractivity contribution in [2.45, 2.75) is 32.4 Å². The van der Waals surface area contributed by atoms with Crippen LogP contribution in [0, 0.1) is 11.8 Å². The number of ether oxygens (including phenoxy) is 1. The molecule has 0 N–H and O–H groups in total. The van der Waals surface area contributed by atoms with Crippen molar-refractivity contribution in [3.8, 4) is 5.75 Å². The van der Waals surface area contributed by atoms with E-state index in [4.69, 9.17) is 4.74 Å². The van der Waals surface area contributed by atoms with E-state index in [0.29, 0.717) is 32.0 Å². The molecule has 2 amide bonds. The third-order valence-corrected chi connectivity index (χ3v) is 6.12. The van der Waals surface area contributed by atoms with Gasteiger partial charge in [0.2, 0.25) is 11.8 Å². The summed E-state index contributed by atoms with van der Waals surface area (Å²) in [5.74, 6) is 1.67. The summed E-state index contributed by atoms with van der Waals surface area (Å²) < 4.78 is 7.01. The van der Waals surface area contributed by atoms with Crippen molar-refractivity contribution >= 4 is 11.8 Å². The topological polar surface area (TPSA) is 80.6 Å². The summed E-state index contributed by atoms with van der Waals surface area (Å²) in [7, 11) is 1.64. The summed E-state index contributed by atoms with van der Waals surface area (Å²) >= 11 is 0. The Bertz CT molecular complexity index is 852. The summed E-state index contributed by atoms with van der Waals surface area (Å²) in [5, 5.41) is 4.07. The van der Waals surface area contributed by atoms with Crippen LogP contribution in [0.25, 0.3) is 0 Å². The molecule has 4 rings (SSSR count). The monoisotopic (exact) mass is 397 g/mol. The van der Waals surface area contributed by atoms with Crippen LogP contribution in [0.3, 0.4) is 0 Å². The maximum atomic E-state index is 12.7. The zero-order valence-corrected chi connectivity index (χ0v) is 16.9. The van der Waals surface area contributed by atoms with Crippen LogP contribution in [0.15, 0.2) is 36.9 Å². The van der Waals surface area contributed by atoms with Crippen LogP contribution in [0.2, 0.25) is 0 Å². The Kier molecular flexibility index (Phi) is 5.51. The first kappa shape index (κ1) is 19.4. The number of benzene rings is 1. The maximum absolute atomic E-state index is 12.7. The first-order valence-corrected chi connectivity index (χ1v) is 10.1. The highest BCUT2D eigenvalue weighted by atomic mass is 16.5. The minimum atomic E-state index is 0.0105. The van der Waals surface area contributed by atoms with Gasteiger partial charge in [-0.2, -0.15) is 5.10 Å². The van der Waals surface area contributed by atoms with E-state index in [0.717, 1.165) is 24.3 Å². The molecule has 2 aliphatic heterocycles. The van der Waals surface area contributed by atoms with Crippen molar-refractivity contribution in [2.75, 3.05) is 26.7 Å². The van der Waals surface area contributed by atoms with Crippen molar-refractivity contribution in [3.05, 3.63) is 42.5 Å². The zero-order valence-electron chi connectivity index (χ0n) is 16.9. The van der Waals surface area contributed by atoms with Crippen LogP contribution in [-0.2, 0) is 16.1 Å². The highest BCUT2D eigenvalue weighted by molar-refractivity contribution is 5.77. The molecular formula is C21H27N5O3. The van der Waals surface area contributed by atoms with Crippen molar-refractivity contribution in [3.63, 3.8) is 0 Å². The van der Waals surface area contributed by atoms with Gasteiger partial charge in [-0.25, -0.2) is 4.98 Å². The molecule has 2 aromatic rings. The Labute approximate surface area is 170 Å². The summed E-state index contributed by atoms with van der Waals surface area (Å²) in [6, 6.07) is 7.94. The van der Waals surface area contributed by atoms with E-state index in [1.54, 1.807) is 25.0 Å². The molecule has 0 unspecified atom stereocenters. The largest absolute Gasteiger partial charge is 0.497 e. The van der Waals surface area contributed by atoms with Gasteiger partial charge in [0.1, 0.15) is 18.4 Å². The highest BCUT2D eigenvalue weighted by Gasteiger charge is 2.49. The van der Waals surface area contributed by atoms with Crippen molar-refractivity contribution in [2.24, 2.45) is 11.8 Å². The molecule has 1 aromatic carbocycles. The smallest absolute Gasteiger partial charge is 0.222 e. The van der Waals surface area contributed by atoms with Crippen LogP contribution in [-0.4, -0.2) is 63.1 Å². The second kappa shape index (κ2) is 8.23. The van der Waals surface area contributed by atoms with Gasteiger partial charge in [-0.05, 0) is 24.1 Å². The number of fused-ring (bicyclic) bond motifs is 1. The van der Waals surface area contributed by atoms with Gasteiger partial charge >= 0.3 is 0 Å². The number of nitrogens with zero attached hydrogens (tertiary/aromatic N) is 5. The van der Waals surface area contributed by atoms with Crippen molar-refractivity contribution in [1.82, 2.24) is 24.6 Å². The molecule has 29 heavy (non-hydrogen) atoms. The average molecular weight is 397 g/mol. The quantitative estimate of drug-likeness (QED) is 0.742. The van der Waals surface area contributed by atoms with Crippen LogP contribution in [0.5, 0.6) is 5.75 Å². The molecule has 2 fully saturated rings. The van der Waals surface area contributed by atoms with Gasteiger partial charge in [0.25, 0.3) is 0 Å². The van der Waals surface area contributed by atoms with Crippen molar-refractivity contribution < 1.29 is 14.3 Å². The standard InChI is InChI=1S/C21H27N5O3/c1-15(27)26-11-17-10-24(20(28)4-3-9-25-14-22-13-23-25)12-19(17)21(26)16-5-7-18(29-2)8-6-16/h5-8,13-14,17,19,21H,3-4,9-12H2,1-2H3/t17-,19-,21+/m1/s1. The predicted octanol–water partition coefficient (Wildman–Crippen LogP) is 1.74. The van der Waals surface area contributed by atoms with Crippen LogP contribution < -0.4 is 4.74 Å². The fraction of sp³-hybridized carbons (Fsp3) is 0.524. The average Bonchev–Trinajstić information content (AvgIpc) is 3.44. The lowest BCUT2D eigenvalue weighted by Crippen LogP contribution is -2.36. The first-order valence-electron chi connectivity index (χ1n) is 10.1. The minimum Gasteiger partial charge on any atom is -0.497 e. The van der Waals surface area contributed by atoms with Crippen LogP contribution in [0.1, 0.15) is 31.4 Å². The van der Waals surface area contributed by atoms with E-state index in [1.807, 2.05) is 34.1 Å². The van der Waals surface area contributed by atoms with Gasteiger partial charge < -0.3 is 14.5 Å². The number of likely N-dealkylation sites (tertiary alicyclic amines) is 2. The number of hydrogen-bond acceptors (Lipinski definition) is 5. The molecule has 0 radical (unpaired) electrons. The van der Waals surface area contributed by atoms with E-state index in [9.17, 15) is 9.59 Å². The molecule has 8 nitrogen and oxygen atoms in total. The molecule has 0 bridgehead atoms. The summed E-state index contributed by atoms with van der Waals surface area (Å²) in [5.41, 5.74) is 1.11. The minimum absolute atomic E-state index is 0.0105. The Hall–Kier alpha value is -2.90. The molecule has 2 aliphatic rings. The number of carbonyl (C=O) groups excluding carboxylic acids is 2. The number of amides is 2. The van der Waals surface area contributed by atoms with Gasteiger partial charge in [-0.3, -0.25) is 14.3 Å². The van der Waals surface area contributed by atoms with Gasteiger partial charge in [0.05, 0.1) is 13.2 Å². The van der Waals surface area contributed by atoms with E-state index in [2.05, 4.69) is 10.1 Å². The Morgan fingerprint density at radius 2 is 1.97 bits per heavy atom. The number of carbonyl (C=O) groups is 2. The molecule has 3 atom stereocenters. The molecule has 0 spiro atoms. The second-order valence-electron chi connectivity index (χ2n) is 7.87. The maximum Gasteiger partial charge on any atom is 0.222 e. The molecular weight excluding hydrogens is 370 g/mol. The fourth-order valence-electron chi connectivity index (χ4n) is 4.70. The third kappa shape index (κ3) is 3.97. The molecule has 3 heterocycles. The lowest BCUT2D eigenvalue weighted by atomic mass is 9.89. The number of aromatic nitrogens is 3. The van der Waals surface area contributed by atoms with Gasteiger partial charge in [0, 0.05) is 51.4 Å². The summed E-state index contributed by atoms with van der Waals surface area (Å²) in [4.78, 5) is 32.9. The Balaban J connectivity index is 1.42. The molecule has 0 saturated carbocycles. The van der Waals surface area contributed by atoms with Crippen LogP contribution in [0.4, 0.5) is 0 Å². The zero-order chi connectivity index (χ0) is 20.4. The van der Waals surface area contributed by atoms with E-state index < -0.39 is 0 Å². The van der Waals surface area contributed by atoms with E-state index in [-0.39, 0.29) is 23.8 Å². The number of methoxy groups -OCH3 is 1. The Morgan fingerprint density at radius 3 is 2.62 bits per heavy atom. The van der Waals surface area contributed by atoms with Gasteiger partial charge in [-0.1, -0.05) is 12.1 Å². The van der Waals surface area contributed by atoms with Crippen LogP contribution >= 0.6 is 0 Å². The predicted molar refractivity (Wildman–Crippen MR) is 106 cm³/mol. The third-order valence-electron chi connectivity index (χ3n) is 6.12. The Morgan fingerprint density at radius 1 is 1.17 bits per heavy atom. The lowest BCUT2D eigenvalue weighted by Gasteiger charge is -2.29. The number of rotatable bonds is 6. The normalized spacial score (nSPS) is 23.3. The first-order chi connectivity index (χ1) is 14.1. The summed E-state index contributed by atoms with van der Waals surface area (Å²) in [6.07, 6.45) is 4.42. The van der Waals surface area contributed by atoms with Gasteiger partial charge in [0.15, 0.2) is 0 Å². The van der Waals surface area contributed by atoms with Crippen molar-refractivity contribution in [1.29, 1.82) is 0 Å². The second-order valence-corrected chi connectivity index (χ2v) is 7.87. The highest BCUT2D eigenvalue weighted by Crippen LogP contribution is 2.45. The SMILES string of the molecule is COc1ccc([C@H]2[C@@H]3CN(C(=O)CCCn4cncn4)C[C@@H]3CN2C(C)=O)cc1. The van der Waals surface area contributed by atoms with E-state index in [1.165, 1.54) is 6.33 Å². The molecule has 1 aromatic heterocycles. The van der Waals surface area contributed by atoms with Gasteiger partial charge in [-0.15, -0.1) is 0 Å². The fourth-order valence-corrected chi connectivity index (χ4v) is 4.70. The number of aryl methyl sites for hydroxylation is 1. The molecule has 8 heteroatoms. The number of hydrogen-bond donors (Lipinski definition) is 0. The lowest BCUT2D eigenvalue weighted by molar-refractivity contribution is -0.131. The molecule has 2 saturated heterocycles. The summed E-state index contributed by atoms with van der Waals surface area (Å²) in [6.45, 7) is 4.46.